The third kappa shape index (κ3) is 5.75. The summed E-state index contributed by atoms with van der Waals surface area (Å²) in [6.45, 7) is 5.76. The van der Waals surface area contributed by atoms with E-state index in [2.05, 4.69) is 17.1 Å². The number of hydrogen-bond donors (Lipinski definition) is 1. The SMILES string of the molecule is CCCCCCCCN1C(=O)C(c2ccc(NC(C)=O)cc2)=C(N2CCCCC2)C1=O. The van der Waals surface area contributed by atoms with Crippen LogP contribution in [-0.4, -0.2) is 47.2 Å². The fraction of sp³-hybridized carbons (Fsp3) is 0.560. The number of benzene rings is 1. The molecule has 0 unspecified atom stereocenters. The Kier molecular flexibility index (Phi) is 8.27. The van der Waals surface area contributed by atoms with Gasteiger partial charge in [-0.15, -0.1) is 0 Å². The van der Waals surface area contributed by atoms with Gasteiger partial charge in [0.05, 0.1) is 5.57 Å². The first-order chi connectivity index (χ1) is 15.0. The van der Waals surface area contributed by atoms with E-state index in [9.17, 15) is 14.4 Å². The number of carbonyl (C=O) groups excluding carboxylic acids is 3. The molecular weight excluding hydrogens is 390 g/mol. The fourth-order valence-electron chi connectivity index (χ4n) is 4.41. The molecule has 2 aliphatic rings. The lowest BCUT2D eigenvalue weighted by Crippen LogP contribution is -2.37. The fourth-order valence-corrected chi connectivity index (χ4v) is 4.41. The number of hydrogen-bond acceptors (Lipinski definition) is 4. The van der Waals surface area contributed by atoms with Gasteiger partial charge in [-0.3, -0.25) is 19.3 Å². The molecule has 6 nitrogen and oxygen atoms in total. The summed E-state index contributed by atoms with van der Waals surface area (Å²) >= 11 is 0. The minimum absolute atomic E-state index is 0.141. The van der Waals surface area contributed by atoms with Crippen LogP contribution in [0.3, 0.4) is 0 Å². The Bertz CT molecular complexity index is 823. The molecule has 0 aliphatic carbocycles. The number of carbonyl (C=O) groups is 3. The van der Waals surface area contributed by atoms with Crippen molar-refractivity contribution in [1.29, 1.82) is 0 Å². The standard InChI is InChI=1S/C25H35N3O3/c1-3-4-5-6-7-11-18-28-24(30)22(20-12-14-21(15-13-20)26-19(2)29)23(25(28)31)27-16-9-8-10-17-27/h12-15H,3-11,16-18H2,1-2H3,(H,26,29). The zero-order chi connectivity index (χ0) is 22.2. The van der Waals surface area contributed by atoms with E-state index in [0.29, 0.717) is 23.5 Å². The molecule has 3 amide bonds. The molecule has 6 heteroatoms. The smallest absolute Gasteiger partial charge is 0.277 e. The van der Waals surface area contributed by atoms with E-state index in [1.807, 2.05) is 12.1 Å². The van der Waals surface area contributed by atoms with Crippen LogP contribution in [0.1, 0.15) is 77.2 Å². The third-order valence-corrected chi connectivity index (χ3v) is 6.05. The quantitative estimate of drug-likeness (QED) is 0.440. The lowest BCUT2D eigenvalue weighted by molar-refractivity contribution is -0.137. The van der Waals surface area contributed by atoms with Gasteiger partial charge in [0.25, 0.3) is 11.8 Å². The maximum absolute atomic E-state index is 13.3. The third-order valence-electron chi connectivity index (χ3n) is 6.05. The highest BCUT2D eigenvalue weighted by Gasteiger charge is 2.41. The zero-order valence-corrected chi connectivity index (χ0v) is 18.9. The summed E-state index contributed by atoms with van der Waals surface area (Å²) in [4.78, 5) is 41.5. The van der Waals surface area contributed by atoms with E-state index in [4.69, 9.17) is 0 Å². The molecule has 0 bridgehead atoms. The lowest BCUT2D eigenvalue weighted by atomic mass is 10.0. The molecule has 0 saturated carbocycles. The minimum Gasteiger partial charge on any atom is -0.366 e. The Labute approximate surface area is 185 Å². The second kappa shape index (κ2) is 11.1. The number of imide groups is 1. The maximum Gasteiger partial charge on any atom is 0.277 e. The Morgan fingerprint density at radius 2 is 1.55 bits per heavy atom. The highest BCUT2D eigenvalue weighted by atomic mass is 16.2. The van der Waals surface area contributed by atoms with Crippen molar-refractivity contribution in [2.75, 3.05) is 25.0 Å². The van der Waals surface area contributed by atoms with Gasteiger partial charge in [-0.1, -0.05) is 51.2 Å². The Hall–Kier alpha value is -2.63. The molecule has 2 aliphatic heterocycles. The summed E-state index contributed by atoms with van der Waals surface area (Å²) in [6, 6.07) is 7.21. The van der Waals surface area contributed by atoms with Gasteiger partial charge in [-0.05, 0) is 43.4 Å². The Morgan fingerprint density at radius 1 is 0.903 bits per heavy atom. The van der Waals surface area contributed by atoms with Crippen molar-refractivity contribution in [2.24, 2.45) is 0 Å². The summed E-state index contributed by atoms with van der Waals surface area (Å²) in [7, 11) is 0. The zero-order valence-electron chi connectivity index (χ0n) is 18.9. The molecule has 168 valence electrons. The van der Waals surface area contributed by atoms with Gasteiger partial charge in [-0.2, -0.15) is 0 Å². The Morgan fingerprint density at radius 3 is 2.19 bits per heavy atom. The van der Waals surface area contributed by atoms with Crippen LogP contribution >= 0.6 is 0 Å². The number of unbranched alkanes of at least 4 members (excludes halogenated alkanes) is 5. The molecule has 1 aromatic carbocycles. The monoisotopic (exact) mass is 425 g/mol. The number of nitrogens with zero attached hydrogens (tertiary/aromatic N) is 2. The van der Waals surface area contributed by atoms with Crippen molar-refractivity contribution >= 4 is 29.0 Å². The van der Waals surface area contributed by atoms with Crippen molar-refractivity contribution in [3.05, 3.63) is 35.5 Å². The molecule has 31 heavy (non-hydrogen) atoms. The summed E-state index contributed by atoms with van der Waals surface area (Å²) < 4.78 is 0. The number of amides is 3. The highest BCUT2D eigenvalue weighted by Crippen LogP contribution is 2.33. The van der Waals surface area contributed by atoms with Gasteiger partial charge < -0.3 is 10.2 Å². The van der Waals surface area contributed by atoms with E-state index in [0.717, 1.165) is 57.2 Å². The number of piperidine rings is 1. The van der Waals surface area contributed by atoms with Crippen molar-refractivity contribution in [1.82, 2.24) is 9.80 Å². The number of likely N-dealkylation sites (tertiary alicyclic amines) is 1. The number of rotatable bonds is 10. The second-order valence-electron chi connectivity index (χ2n) is 8.56. The summed E-state index contributed by atoms with van der Waals surface area (Å²) in [5.74, 6) is -0.481. The predicted molar refractivity (Wildman–Crippen MR) is 123 cm³/mol. The average molecular weight is 426 g/mol. The summed E-state index contributed by atoms with van der Waals surface area (Å²) in [6.07, 6.45) is 9.93. The first-order valence-corrected chi connectivity index (χ1v) is 11.8. The van der Waals surface area contributed by atoms with Gasteiger partial charge in [0.15, 0.2) is 0 Å². The summed E-state index contributed by atoms with van der Waals surface area (Å²) in [5, 5.41) is 2.75. The molecule has 0 spiro atoms. The van der Waals surface area contributed by atoms with E-state index in [1.165, 1.54) is 31.1 Å². The molecule has 3 rings (SSSR count). The molecular formula is C25H35N3O3. The van der Waals surface area contributed by atoms with Crippen LogP contribution in [0.5, 0.6) is 0 Å². The molecule has 1 fully saturated rings. The topological polar surface area (TPSA) is 69.7 Å². The summed E-state index contributed by atoms with van der Waals surface area (Å²) in [5.41, 5.74) is 2.48. The van der Waals surface area contributed by atoms with E-state index in [-0.39, 0.29) is 17.7 Å². The van der Waals surface area contributed by atoms with Crippen LogP contribution in [0.25, 0.3) is 5.57 Å². The van der Waals surface area contributed by atoms with E-state index < -0.39 is 0 Å². The van der Waals surface area contributed by atoms with Crippen LogP contribution in [0.2, 0.25) is 0 Å². The largest absolute Gasteiger partial charge is 0.366 e. The Balaban J connectivity index is 1.79. The molecule has 2 heterocycles. The van der Waals surface area contributed by atoms with Gasteiger partial charge in [-0.25, -0.2) is 0 Å². The molecule has 1 N–H and O–H groups in total. The first-order valence-electron chi connectivity index (χ1n) is 11.8. The van der Waals surface area contributed by atoms with Crippen molar-refractivity contribution in [3.8, 4) is 0 Å². The molecule has 1 aromatic rings. The van der Waals surface area contributed by atoms with Crippen molar-refractivity contribution in [2.45, 2.75) is 71.6 Å². The van der Waals surface area contributed by atoms with Gasteiger partial charge >= 0.3 is 0 Å². The van der Waals surface area contributed by atoms with Gasteiger partial charge in [0, 0.05) is 32.2 Å². The van der Waals surface area contributed by atoms with Gasteiger partial charge in [0.1, 0.15) is 5.70 Å². The highest BCUT2D eigenvalue weighted by molar-refractivity contribution is 6.35. The minimum atomic E-state index is -0.189. The van der Waals surface area contributed by atoms with Gasteiger partial charge in [0.2, 0.25) is 5.91 Å². The van der Waals surface area contributed by atoms with Crippen molar-refractivity contribution < 1.29 is 14.4 Å². The second-order valence-corrected chi connectivity index (χ2v) is 8.56. The lowest BCUT2D eigenvalue weighted by Gasteiger charge is -2.29. The normalized spacial score (nSPS) is 17.0. The number of anilines is 1. The number of nitrogens with one attached hydrogen (secondary N) is 1. The van der Waals surface area contributed by atoms with Crippen LogP contribution in [-0.2, 0) is 14.4 Å². The van der Waals surface area contributed by atoms with E-state index in [1.54, 1.807) is 12.1 Å². The van der Waals surface area contributed by atoms with Crippen molar-refractivity contribution in [3.63, 3.8) is 0 Å². The van der Waals surface area contributed by atoms with Crippen LogP contribution in [0, 0.1) is 0 Å². The predicted octanol–water partition coefficient (Wildman–Crippen LogP) is 4.57. The van der Waals surface area contributed by atoms with Crippen LogP contribution in [0.15, 0.2) is 30.0 Å². The molecule has 0 radical (unpaired) electrons. The van der Waals surface area contributed by atoms with E-state index >= 15 is 0 Å². The molecule has 0 aromatic heterocycles. The molecule has 0 atom stereocenters. The average Bonchev–Trinajstić information content (AvgIpc) is 3.01. The van der Waals surface area contributed by atoms with Crippen LogP contribution in [0.4, 0.5) is 5.69 Å². The maximum atomic E-state index is 13.3. The first kappa shape index (κ1) is 23.0. The molecule has 1 saturated heterocycles. The van der Waals surface area contributed by atoms with Crippen LogP contribution < -0.4 is 5.32 Å².